The molecule has 0 aliphatic heterocycles. The average Bonchev–Trinajstić information content (AvgIpc) is 3.37. The monoisotopic (exact) mass is 590 g/mol. The first kappa shape index (κ1) is 31.2. The van der Waals surface area contributed by atoms with Crippen LogP contribution in [-0.2, 0) is 11.2 Å². The maximum Gasteiger partial charge on any atom is 0.234 e. The van der Waals surface area contributed by atoms with Gasteiger partial charge in [-0.2, -0.15) is 0 Å². The zero-order valence-corrected chi connectivity index (χ0v) is 25.6. The van der Waals surface area contributed by atoms with E-state index in [1.807, 2.05) is 81.1 Å². The molecule has 0 bridgehead atoms. The van der Waals surface area contributed by atoms with Crippen molar-refractivity contribution in [2.45, 2.75) is 45.8 Å². The molecule has 222 valence electrons. The smallest absolute Gasteiger partial charge is 0.234 e. The molecule has 4 rings (SSSR count). The van der Waals surface area contributed by atoms with Crippen LogP contribution in [0.3, 0.4) is 0 Å². The molecule has 2 aromatic carbocycles. The Labute approximate surface area is 252 Å². The highest BCUT2D eigenvalue weighted by atomic mass is 35.5. The zero-order valence-electron chi connectivity index (χ0n) is 24.8. The number of hydrogen-bond donors (Lipinski definition) is 2. The summed E-state index contributed by atoms with van der Waals surface area (Å²) in [5.74, 6) is 0.289. The summed E-state index contributed by atoms with van der Waals surface area (Å²) in [6.07, 6.45) is 4.07. The number of ether oxygens (including phenoxy) is 1. The number of rotatable bonds is 13. The van der Waals surface area contributed by atoms with Crippen molar-refractivity contribution in [3.8, 4) is 17.0 Å². The summed E-state index contributed by atoms with van der Waals surface area (Å²) in [4.78, 5) is 32.3. The van der Waals surface area contributed by atoms with E-state index in [0.29, 0.717) is 29.3 Å². The van der Waals surface area contributed by atoms with Crippen LogP contribution < -0.4 is 10.1 Å². The van der Waals surface area contributed by atoms with Crippen molar-refractivity contribution in [1.82, 2.24) is 19.6 Å². The number of amides is 1. The van der Waals surface area contributed by atoms with Crippen molar-refractivity contribution >= 4 is 28.9 Å². The van der Waals surface area contributed by atoms with E-state index in [0.717, 1.165) is 28.0 Å². The quantitative estimate of drug-likeness (QED) is 0.197. The molecule has 2 aromatic heterocycles. The Balaban J connectivity index is 1.50. The van der Waals surface area contributed by atoms with Crippen LogP contribution in [0.5, 0.6) is 5.75 Å². The highest BCUT2D eigenvalue weighted by molar-refractivity contribution is 6.32. The fourth-order valence-electron chi connectivity index (χ4n) is 4.87. The van der Waals surface area contributed by atoms with Crippen LogP contribution in [0.2, 0.25) is 5.02 Å². The fourth-order valence-corrected chi connectivity index (χ4v) is 5.09. The number of pyridine rings is 1. The summed E-state index contributed by atoms with van der Waals surface area (Å²) in [5.41, 5.74) is 4.81. The van der Waals surface area contributed by atoms with Crippen LogP contribution in [0.4, 0.5) is 0 Å². The van der Waals surface area contributed by atoms with Crippen molar-refractivity contribution in [2.75, 3.05) is 27.2 Å². The minimum atomic E-state index is -0.619. The third-order valence-corrected chi connectivity index (χ3v) is 7.17. The lowest BCUT2D eigenvalue weighted by atomic mass is 9.91. The van der Waals surface area contributed by atoms with Gasteiger partial charge in [-0.25, -0.2) is 4.98 Å². The number of carbonyl (C=O) groups excluding carboxylic acids is 2. The summed E-state index contributed by atoms with van der Waals surface area (Å²) in [6.45, 7) is 6.21. The van der Waals surface area contributed by atoms with Gasteiger partial charge in [-0.1, -0.05) is 41.9 Å². The lowest BCUT2D eigenvalue weighted by molar-refractivity contribution is -0.121. The number of hydrogen-bond acceptors (Lipinski definition) is 6. The Kier molecular flexibility index (Phi) is 10.4. The summed E-state index contributed by atoms with van der Waals surface area (Å²) in [6, 6.07) is 17.0. The normalized spacial score (nSPS) is 13.0. The van der Waals surface area contributed by atoms with Crippen LogP contribution in [0.25, 0.3) is 16.9 Å². The van der Waals surface area contributed by atoms with E-state index in [4.69, 9.17) is 21.3 Å². The number of nitrogens with one attached hydrogen (secondary N) is 1. The molecular formula is C33H39ClN4O4. The van der Waals surface area contributed by atoms with Crippen LogP contribution in [0.15, 0.2) is 67.0 Å². The molecule has 8 nitrogen and oxygen atoms in total. The third-order valence-electron chi connectivity index (χ3n) is 6.88. The van der Waals surface area contributed by atoms with E-state index in [1.54, 1.807) is 30.0 Å². The van der Waals surface area contributed by atoms with Crippen molar-refractivity contribution in [3.63, 3.8) is 0 Å². The van der Waals surface area contributed by atoms with E-state index >= 15 is 0 Å². The molecule has 0 aliphatic carbocycles. The molecule has 0 saturated heterocycles. The van der Waals surface area contributed by atoms with Gasteiger partial charge in [0.1, 0.15) is 11.4 Å². The average molecular weight is 591 g/mol. The maximum absolute atomic E-state index is 13.3. The summed E-state index contributed by atoms with van der Waals surface area (Å²) >= 11 is 6.39. The Morgan fingerprint density at radius 2 is 1.83 bits per heavy atom. The van der Waals surface area contributed by atoms with E-state index in [1.165, 1.54) is 0 Å². The number of nitrogens with zero attached hydrogens (tertiary/aromatic N) is 3. The molecule has 4 aromatic rings. The van der Waals surface area contributed by atoms with Gasteiger partial charge in [0.05, 0.1) is 29.5 Å². The van der Waals surface area contributed by atoms with E-state index < -0.39 is 6.10 Å². The second-order valence-corrected chi connectivity index (χ2v) is 11.7. The van der Waals surface area contributed by atoms with Crippen LogP contribution in [-0.4, -0.2) is 64.4 Å². The van der Waals surface area contributed by atoms with Gasteiger partial charge in [-0.15, -0.1) is 0 Å². The highest BCUT2D eigenvalue weighted by Crippen LogP contribution is 2.28. The van der Waals surface area contributed by atoms with Gasteiger partial charge in [0.15, 0.2) is 5.78 Å². The predicted octanol–water partition coefficient (Wildman–Crippen LogP) is 5.60. The number of fused-ring (bicyclic) bond motifs is 1. The molecular weight excluding hydrogens is 552 g/mol. The standard InChI is InChI=1S/C33H39ClN4O4/c1-21(2)42-31-13-12-26(17-28(31)34)30(40)16-24(18-35-32(41)20-37(4)5)15-23-8-10-25(11-9-23)29-19-38-14-6-7-27(22(3)39)33(38)36-29/h6-14,17,19,21-22,24,39H,15-16,18,20H2,1-5H3,(H,35,41)/t22?,24-/m1/s1. The van der Waals surface area contributed by atoms with Crippen molar-refractivity contribution in [3.05, 3.63) is 88.7 Å². The number of aliphatic hydroxyl groups is 1. The molecule has 9 heteroatoms. The first-order valence-electron chi connectivity index (χ1n) is 14.2. The Bertz CT molecular complexity index is 1530. The van der Waals surface area contributed by atoms with Gasteiger partial charge in [0, 0.05) is 42.0 Å². The highest BCUT2D eigenvalue weighted by Gasteiger charge is 2.19. The number of aromatic nitrogens is 2. The molecule has 42 heavy (non-hydrogen) atoms. The molecule has 1 amide bonds. The van der Waals surface area contributed by atoms with Crippen molar-refractivity contribution < 1.29 is 19.4 Å². The van der Waals surface area contributed by atoms with Gasteiger partial charge >= 0.3 is 0 Å². The van der Waals surface area contributed by atoms with Crippen molar-refractivity contribution in [1.29, 1.82) is 0 Å². The first-order valence-corrected chi connectivity index (χ1v) is 14.5. The molecule has 0 spiro atoms. The van der Waals surface area contributed by atoms with E-state index in [9.17, 15) is 14.7 Å². The van der Waals surface area contributed by atoms with Crippen LogP contribution in [0, 0.1) is 5.92 Å². The minimum Gasteiger partial charge on any atom is -0.489 e. The number of likely N-dealkylation sites (N-methyl/N-ethyl adjacent to an activating group) is 1. The second-order valence-electron chi connectivity index (χ2n) is 11.2. The summed E-state index contributed by atoms with van der Waals surface area (Å²) in [7, 11) is 3.68. The molecule has 2 atom stereocenters. The minimum absolute atomic E-state index is 0.0278. The van der Waals surface area contributed by atoms with E-state index in [-0.39, 0.29) is 36.7 Å². The molecule has 2 N–H and O–H groups in total. The predicted molar refractivity (Wildman–Crippen MR) is 166 cm³/mol. The molecule has 0 radical (unpaired) electrons. The number of Topliss-reactive ketones (excluding diaryl/α,β-unsaturated/α-hetero) is 1. The molecule has 0 aliphatic rings. The Hall–Kier alpha value is -3.72. The first-order chi connectivity index (χ1) is 20.0. The Morgan fingerprint density at radius 1 is 1.10 bits per heavy atom. The van der Waals surface area contributed by atoms with E-state index in [2.05, 4.69) is 5.32 Å². The van der Waals surface area contributed by atoms with Gasteiger partial charge in [0.2, 0.25) is 5.91 Å². The molecule has 0 saturated carbocycles. The van der Waals surface area contributed by atoms with Gasteiger partial charge in [-0.05, 0) is 77.0 Å². The topological polar surface area (TPSA) is 96.2 Å². The van der Waals surface area contributed by atoms with Gasteiger partial charge in [-0.3, -0.25) is 9.59 Å². The number of carbonyl (C=O) groups is 2. The third kappa shape index (κ3) is 8.18. The lowest BCUT2D eigenvalue weighted by Crippen LogP contribution is -2.37. The fraction of sp³-hybridized carbons (Fsp3) is 0.364. The number of aliphatic hydroxyl groups excluding tert-OH is 1. The number of benzene rings is 2. The van der Waals surface area contributed by atoms with Gasteiger partial charge < -0.3 is 24.5 Å². The lowest BCUT2D eigenvalue weighted by Gasteiger charge is -2.19. The number of halogens is 1. The summed E-state index contributed by atoms with van der Waals surface area (Å²) in [5, 5.41) is 13.5. The molecule has 2 heterocycles. The van der Waals surface area contributed by atoms with Crippen LogP contribution >= 0.6 is 11.6 Å². The largest absolute Gasteiger partial charge is 0.489 e. The maximum atomic E-state index is 13.3. The number of ketones is 1. The van der Waals surface area contributed by atoms with Crippen LogP contribution in [0.1, 0.15) is 54.8 Å². The molecule has 0 fully saturated rings. The van der Waals surface area contributed by atoms with Gasteiger partial charge in [0.25, 0.3) is 0 Å². The Morgan fingerprint density at radius 3 is 2.48 bits per heavy atom. The second kappa shape index (κ2) is 14.0. The number of imidazole rings is 1. The summed E-state index contributed by atoms with van der Waals surface area (Å²) < 4.78 is 7.61. The SMILES string of the molecule is CC(C)Oc1ccc(C(=O)C[C@H](CNC(=O)CN(C)C)Cc2ccc(-c3cn4cccc(C(C)O)c4n3)cc2)cc1Cl. The van der Waals surface area contributed by atoms with Crippen molar-refractivity contribution in [2.24, 2.45) is 5.92 Å². The zero-order chi connectivity index (χ0) is 30.4. The molecule has 1 unspecified atom stereocenters.